The number of carbonyl (C=O) groups is 1. The summed E-state index contributed by atoms with van der Waals surface area (Å²) in [5, 5.41) is 14.5. The van der Waals surface area contributed by atoms with Crippen LogP contribution in [0.3, 0.4) is 0 Å². The van der Waals surface area contributed by atoms with Crippen molar-refractivity contribution in [1.29, 1.82) is 0 Å². The number of carbonyl (C=O) groups excluding carboxylic acids is 1. The van der Waals surface area contributed by atoms with Crippen molar-refractivity contribution in [2.24, 2.45) is 5.73 Å². The van der Waals surface area contributed by atoms with Gasteiger partial charge in [0, 0.05) is 30.4 Å². The molecule has 0 bridgehead atoms. The van der Waals surface area contributed by atoms with E-state index < -0.39 is 0 Å². The number of nitrogens with zero attached hydrogens (tertiary/aromatic N) is 5. The molecule has 2 saturated carbocycles. The van der Waals surface area contributed by atoms with E-state index >= 15 is 0 Å². The number of amides is 1. The van der Waals surface area contributed by atoms with Crippen LogP contribution in [0.2, 0.25) is 0 Å². The fourth-order valence-corrected chi connectivity index (χ4v) is 3.77. The second-order valence-corrected chi connectivity index (χ2v) is 8.05. The quantitative estimate of drug-likeness (QED) is 0.487. The molecule has 10 nitrogen and oxygen atoms in total. The number of hydrogen-bond acceptors (Lipinski definition) is 8. The molecule has 3 heterocycles. The summed E-state index contributed by atoms with van der Waals surface area (Å²) in [6.07, 6.45) is 10.8. The Morgan fingerprint density at radius 1 is 1.03 bits per heavy atom. The SMILES string of the molecule is NC1CCC(Nc2cc(NC3CC3)c3ncc(C(=O)Nc4ccncn4)n3n2)CC1. The van der Waals surface area contributed by atoms with Crippen LogP contribution in [0.5, 0.6) is 0 Å². The maximum absolute atomic E-state index is 12.8. The summed E-state index contributed by atoms with van der Waals surface area (Å²) in [4.78, 5) is 25.2. The van der Waals surface area contributed by atoms with Gasteiger partial charge in [-0.25, -0.2) is 19.5 Å². The maximum Gasteiger partial charge on any atom is 0.277 e. The lowest BCUT2D eigenvalue weighted by molar-refractivity contribution is 0.102. The molecule has 156 valence electrons. The van der Waals surface area contributed by atoms with Gasteiger partial charge in [0.1, 0.15) is 18.0 Å². The van der Waals surface area contributed by atoms with Crippen LogP contribution in [0.4, 0.5) is 17.3 Å². The van der Waals surface area contributed by atoms with E-state index in [2.05, 4.69) is 36.0 Å². The van der Waals surface area contributed by atoms with Crippen LogP contribution in [0.25, 0.3) is 5.65 Å². The smallest absolute Gasteiger partial charge is 0.277 e. The highest BCUT2D eigenvalue weighted by atomic mass is 16.2. The van der Waals surface area contributed by atoms with Crippen molar-refractivity contribution in [3.05, 3.63) is 36.5 Å². The fourth-order valence-electron chi connectivity index (χ4n) is 3.77. The molecule has 5 N–H and O–H groups in total. The monoisotopic (exact) mass is 407 g/mol. The standard InChI is InChI=1S/C20H25N9O/c21-12-1-3-14(4-2-12)26-18-9-15(25-13-5-6-13)19-23-10-16(29(19)28-18)20(30)27-17-7-8-22-11-24-17/h7-14,25H,1-6,21H2,(H,26,28)(H,22,24,27,30). The Morgan fingerprint density at radius 3 is 2.53 bits per heavy atom. The molecule has 1 amide bonds. The summed E-state index contributed by atoms with van der Waals surface area (Å²) in [6, 6.07) is 4.69. The molecule has 0 unspecified atom stereocenters. The first-order valence-electron chi connectivity index (χ1n) is 10.4. The predicted molar refractivity (Wildman–Crippen MR) is 113 cm³/mol. The second-order valence-electron chi connectivity index (χ2n) is 8.05. The van der Waals surface area contributed by atoms with Gasteiger partial charge in [-0.1, -0.05) is 0 Å². The van der Waals surface area contributed by atoms with E-state index in [0.717, 1.165) is 50.0 Å². The van der Waals surface area contributed by atoms with Crippen LogP contribution in [0, 0.1) is 0 Å². The number of hydrogen-bond donors (Lipinski definition) is 4. The van der Waals surface area contributed by atoms with E-state index in [1.54, 1.807) is 23.0 Å². The zero-order valence-corrected chi connectivity index (χ0v) is 16.6. The van der Waals surface area contributed by atoms with Gasteiger partial charge in [0.2, 0.25) is 0 Å². The van der Waals surface area contributed by atoms with E-state index in [0.29, 0.717) is 29.2 Å². The van der Waals surface area contributed by atoms with Crippen molar-refractivity contribution in [2.45, 2.75) is 56.7 Å². The van der Waals surface area contributed by atoms with Crippen LogP contribution in [-0.2, 0) is 0 Å². The second kappa shape index (κ2) is 7.86. The molecule has 5 rings (SSSR count). The average Bonchev–Trinajstić information content (AvgIpc) is 3.46. The molecule has 10 heteroatoms. The number of nitrogens with one attached hydrogen (secondary N) is 3. The van der Waals surface area contributed by atoms with Crippen molar-refractivity contribution in [3.8, 4) is 0 Å². The molecule has 3 aromatic rings. The van der Waals surface area contributed by atoms with Gasteiger partial charge in [-0.2, -0.15) is 0 Å². The Bertz CT molecular complexity index is 1040. The van der Waals surface area contributed by atoms with Crippen LogP contribution < -0.4 is 21.7 Å². The number of anilines is 3. The summed E-state index contributed by atoms with van der Waals surface area (Å²) in [5.74, 6) is 0.821. The van der Waals surface area contributed by atoms with Crippen molar-refractivity contribution in [2.75, 3.05) is 16.0 Å². The van der Waals surface area contributed by atoms with Crippen LogP contribution >= 0.6 is 0 Å². The molecule has 30 heavy (non-hydrogen) atoms. The molecular formula is C20H25N9O. The molecule has 3 aromatic heterocycles. The maximum atomic E-state index is 12.8. The fraction of sp³-hybridized carbons (Fsp3) is 0.450. The van der Waals surface area contributed by atoms with Crippen molar-refractivity contribution in [3.63, 3.8) is 0 Å². The van der Waals surface area contributed by atoms with Gasteiger partial charge in [0.15, 0.2) is 11.3 Å². The van der Waals surface area contributed by atoms with Crippen LogP contribution in [0.15, 0.2) is 30.9 Å². The number of nitrogens with two attached hydrogens (primary N) is 1. The lowest BCUT2D eigenvalue weighted by Gasteiger charge is -2.27. The zero-order chi connectivity index (χ0) is 20.5. The van der Waals surface area contributed by atoms with Gasteiger partial charge in [0.05, 0.1) is 11.9 Å². The van der Waals surface area contributed by atoms with Gasteiger partial charge in [0.25, 0.3) is 5.91 Å². The van der Waals surface area contributed by atoms with Gasteiger partial charge in [-0.05, 0) is 44.6 Å². The third-order valence-electron chi connectivity index (χ3n) is 5.58. The number of rotatable bonds is 6. The third-order valence-corrected chi connectivity index (χ3v) is 5.58. The molecule has 0 saturated heterocycles. The Hall–Kier alpha value is -3.27. The van der Waals surface area contributed by atoms with Crippen molar-refractivity contribution >= 4 is 28.9 Å². The highest BCUT2D eigenvalue weighted by Gasteiger charge is 2.25. The predicted octanol–water partition coefficient (Wildman–Crippen LogP) is 2.03. The number of aromatic nitrogens is 5. The topological polar surface area (TPSA) is 135 Å². The normalized spacial score (nSPS) is 21.4. The van der Waals surface area contributed by atoms with E-state index in [1.807, 2.05) is 6.07 Å². The van der Waals surface area contributed by atoms with E-state index in [4.69, 9.17) is 5.73 Å². The summed E-state index contributed by atoms with van der Waals surface area (Å²) >= 11 is 0. The third kappa shape index (κ3) is 4.04. The molecule has 2 aliphatic rings. The molecule has 0 atom stereocenters. The minimum atomic E-state index is -0.327. The highest BCUT2D eigenvalue weighted by Crippen LogP contribution is 2.29. The molecule has 0 radical (unpaired) electrons. The minimum Gasteiger partial charge on any atom is -0.379 e. The Morgan fingerprint density at radius 2 is 1.80 bits per heavy atom. The Kier molecular flexibility index (Phi) is 4.91. The highest BCUT2D eigenvalue weighted by molar-refractivity contribution is 6.03. The van der Waals surface area contributed by atoms with Crippen LogP contribution in [0.1, 0.15) is 49.0 Å². The molecule has 0 spiro atoms. The molecule has 2 aliphatic carbocycles. The molecule has 2 fully saturated rings. The lowest BCUT2D eigenvalue weighted by atomic mass is 9.92. The molecular weight excluding hydrogens is 382 g/mol. The summed E-state index contributed by atoms with van der Waals surface area (Å²) < 4.78 is 1.60. The van der Waals surface area contributed by atoms with Gasteiger partial charge in [-0.15, -0.1) is 5.10 Å². The van der Waals surface area contributed by atoms with Crippen molar-refractivity contribution < 1.29 is 4.79 Å². The van der Waals surface area contributed by atoms with E-state index in [-0.39, 0.29) is 11.9 Å². The summed E-state index contributed by atoms with van der Waals surface area (Å²) in [5.41, 5.74) is 7.89. The lowest BCUT2D eigenvalue weighted by Crippen LogP contribution is -2.33. The summed E-state index contributed by atoms with van der Waals surface area (Å²) in [7, 11) is 0. The molecule has 0 aromatic carbocycles. The minimum absolute atomic E-state index is 0.288. The van der Waals surface area contributed by atoms with E-state index in [9.17, 15) is 4.79 Å². The first-order valence-corrected chi connectivity index (χ1v) is 10.4. The van der Waals surface area contributed by atoms with E-state index in [1.165, 1.54) is 6.33 Å². The largest absolute Gasteiger partial charge is 0.379 e. The van der Waals surface area contributed by atoms with Crippen molar-refractivity contribution in [1.82, 2.24) is 24.6 Å². The molecule has 0 aliphatic heterocycles. The summed E-state index contributed by atoms with van der Waals surface area (Å²) in [6.45, 7) is 0. The van der Waals surface area contributed by atoms with Crippen LogP contribution in [-0.4, -0.2) is 48.6 Å². The van der Waals surface area contributed by atoms with Gasteiger partial charge >= 0.3 is 0 Å². The number of imidazole rings is 1. The average molecular weight is 407 g/mol. The number of fused-ring (bicyclic) bond motifs is 1. The first-order chi connectivity index (χ1) is 14.7. The first kappa shape index (κ1) is 18.7. The van der Waals surface area contributed by atoms with Gasteiger partial charge < -0.3 is 21.7 Å². The van der Waals surface area contributed by atoms with Gasteiger partial charge in [-0.3, -0.25) is 4.79 Å². The Labute approximate surface area is 173 Å². The Balaban J connectivity index is 1.45. The zero-order valence-electron chi connectivity index (χ0n) is 16.6.